The van der Waals surface area contributed by atoms with Gasteiger partial charge in [-0.3, -0.25) is 4.79 Å². The van der Waals surface area contributed by atoms with Crippen molar-refractivity contribution in [2.24, 2.45) is 0 Å². The molecule has 1 aromatic heterocycles. The molecule has 0 atom stereocenters. The highest BCUT2D eigenvalue weighted by Crippen LogP contribution is 2.25. The molecule has 0 saturated carbocycles. The van der Waals surface area contributed by atoms with E-state index in [2.05, 4.69) is 15.5 Å². The van der Waals surface area contributed by atoms with E-state index >= 15 is 0 Å². The molecule has 1 fully saturated rings. The zero-order valence-electron chi connectivity index (χ0n) is 13.2. The van der Waals surface area contributed by atoms with Gasteiger partial charge in [-0.05, 0) is 43.5 Å². The first-order valence-electron chi connectivity index (χ1n) is 7.81. The zero-order chi connectivity index (χ0) is 16.1. The molecule has 6 heteroatoms. The zero-order valence-corrected chi connectivity index (χ0v) is 13.2. The van der Waals surface area contributed by atoms with Gasteiger partial charge in [0, 0.05) is 13.1 Å². The number of amides is 1. The van der Waals surface area contributed by atoms with Crippen molar-refractivity contribution in [3.63, 3.8) is 0 Å². The van der Waals surface area contributed by atoms with E-state index in [-0.39, 0.29) is 5.91 Å². The molecule has 0 spiro atoms. The molecule has 1 aromatic carbocycles. The normalized spacial score (nSPS) is 14.4. The van der Waals surface area contributed by atoms with Crippen molar-refractivity contribution < 1.29 is 9.53 Å². The predicted molar refractivity (Wildman–Crippen MR) is 88.1 cm³/mol. The first kappa shape index (κ1) is 15.3. The average Bonchev–Trinajstić information content (AvgIpc) is 2.63. The summed E-state index contributed by atoms with van der Waals surface area (Å²) in [7, 11) is 1.62. The van der Waals surface area contributed by atoms with Crippen molar-refractivity contribution in [2.75, 3.05) is 25.5 Å². The summed E-state index contributed by atoms with van der Waals surface area (Å²) in [4.78, 5) is 14.2. The summed E-state index contributed by atoms with van der Waals surface area (Å²) in [5.74, 6) is 1.26. The predicted octanol–water partition coefficient (Wildman–Crippen LogP) is 2.85. The largest absolute Gasteiger partial charge is 0.495 e. The molecular formula is C17H20N4O2. The number of ether oxygens (including phenoxy) is 1. The van der Waals surface area contributed by atoms with Crippen molar-refractivity contribution in [1.29, 1.82) is 0 Å². The number of rotatable bonds is 4. The van der Waals surface area contributed by atoms with Gasteiger partial charge in [-0.1, -0.05) is 12.1 Å². The second-order valence-electron chi connectivity index (χ2n) is 5.48. The van der Waals surface area contributed by atoms with Crippen LogP contribution in [0.3, 0.4) is 0 Å². The molecule has 1 aliphatic heterocycles. The van der Waals surface area contributed by atoms with E-state index in [0.717, 1.165) is 37.4 Å². The number of carbonyl (C=O) groups excluding carboxylic acids is 1. The van der Waals surface area contributed by atoms with Crippen LogP contribution in [0.1, 0.15) is 29.8 Å². The molecular weight excluding hydrogens is 292 g/mol. The van der Waals surface area contributed by atoms with Crippen molar-refractivity contribution in [1.82, 2.24) is 15.1 Å². The van der Waals surface area contributed by atoms with E-state index in [0.29, 0.717) is 11.5 Å². The highest BCUT2D eigenvalue weighted by atomic mass is 16.5. The van der Waals surface area contributed by atoms with Gasteiger partial charge in [0.05, 0.1) is 12.8 Å². The molecule has 0 aliphatic carbocycles. The lowest BCUT2D eigenvalue weighted by Gasteiger charge is -2.26. The standard InChI is InChI=1S/C17H20N4O2/c1-23-15-8-4-3-7-13(15)18-16-10-9-14(19-20-16)17(22)21-11-5-2-6-12-21/h3-4,7-10H,2,5-6,11-12H2,1H3,(H,18,20). The molecule has 1 aliphatic rings. The topological polar surface area (TPSA) is 67.3 Å². The Balaban J connectivity index is 1.70. The third-order valence-corrected chi connectivity index (χ3v) is 3.90. The van der Waals surface area contributed by atoms with Crippen LogP contribution in [0.2, 0.25) is 0 Å². The second-order valence-corrected chi connectivity index (χ2v) is 5.48. The van der Waals surface area contributed by atoms with Gasteiger partial charge in [0.2, 0.25) is 0 Å². The summed E-state index contributed by atoms with van der Waals surface area (Å²) in [5, 5.41) is 11.3. The molecule has 3 rings (SSSR count). The quantitative estimate of drug-likeness (QED) is 0.940. The molecule has 120 valence electrons. The molecule has 0 radical (unpaired) electrons. The van der Waals surface area contributed by atoms with Crippen LogP contribution in [-0.4, -0.2) is 41.2 Å². The smallest absolute Gasteiger partial charge is 0.274 e. The Morgan fingerprint density at radius 3 is 2.57 bits per heavy atom. The number of hydrogen-bond donors (Lipinski definition) is 1. The van der Waals surface area contributed by atoms with Gasteiger partial charge in [-0.25, -0.2) is 0 Å². The van der Waals surface area contributed by atoms with Crippen molar-refractivity contribution in [3.8, 4) is 5.75 Å². The maximum absolute atomic E-state index is 12.4. The first-order chi connectivity index (χ1) is 11.3. The van der Waals surface area contributed by atoms with E-state index < -0.39 is 0 Å². The number of methoxy groups -OCH3 is 1. The fourth-order valence-electron chi connectivity index (χ4n) is 2.66. The Morgan fingerprint density at radius 1 is 1.09 bits per heavy atom. The van der Waals surface area contributed by atoms with E-state index in [1.54, 1.807) is 19.2 Å². The lowest BCUT2D eigenvalue weighted by atomic mass is 10.1. The van der Waals surface area contributed by atoms with Crippen LogP contribution in [0.5, 0.6) is 5.75 Å². The molecule has 1 amide bonds. The maximum Gasteiger partial charge on any atom is 0.274 e. The summed E-state index contributed by atoms with van der Waals surface area (Å²) in [6.07, 6.45) is 3.32. The van der Waals surface area contributed by atoms with Gasteiger partial charge in [-0.2, -0.15) is 0 Å². The Labute approximate surface area is 135 Å². The van der Waals surface area contributed by atoms with Crippen LogP contribution < -0.4 is 10.1 Å². The Hall–Kier alpha value is -2.63. The van der Waals surface area contributed by atoms with Crippen LogP contribution in [-0.2, 0) is 0 Å². The Morgan fingerprint density at radius 2 is 1.87 bits per heavy atom. The number of aromatic nitrogens is 2. The van der Waals surface area contributed by atoms with Crippen molar-refractivity contribution in [3.05, 3.63) is 42.1 Å². The SMILES string of the molecule is COc1ccccc1Nc1ccc(C(=O)N2CCCCC2)nn1. The van der Waals surface area contributed by atoms with Crippen LogP contribution in [0.4, 0.5) is 11.5 Å². The number of anilines is 2. The molecule has 23 heavy (non-hydrogen) atoms. The Kier molecular flexibility index (Phi) is 4.71. The number of carbonyl (C=O) groups is 1. The van der Waals surface area contributed by atoms with E-state index in [4.69, 9.17) is 4.74 Å². The minimum absolute atomic E-state index is 0.0407. The number of likely N-dealkylation sites (tertiary alicyclic amines) is 1. The monoisotopic (exact) mass is 312 g/mol. The van der Waals surface area contributed by atoms with Gasteiger partial charge in [0.15, 0.2) is 11.5 Å². The highest BCUT2D eigenvalue weighted by Gasteiger charge is 2.19. The van der Waals surface area contributed by atoms with Gasteiger partial charge < -0.3 is 15.0 Å². The van der Waals surface area contributed by atoms with Crippen LogP contribution in [0.25, 0.3) is 0 Å². The average molecular weight is 312 g/mol. The third kappa shape index (κ3) is 3.59. The lowest BCUT2D eigenvalue weighted by molar-refractivity contribution is 0.0717. The van der Waals surface area contributed by atoms with Gasteiger partial charge in [0.25, 0.3) is 5.91 Å². The Bertz CT molecular complexity index is 667. The lowest BCUT2D eigenvalue weighted by Crippen LogP contribution is -2.36. The van der Waals surface area contributed by atoms with Gasteiger partial charge >= 0.3 is 0 Å². The molecule has 2 aromatic rings. The number of nitrogens with zero attached hydrogens (tertiary/aromatic N) is 3. The van der Waals surface area contributed by atoms with E-state index in [9.17, 15) is 4.79 Å². The number of nitrogens with one attached hydrogen (secondary N) is 1. The number of piperidine rings is 1. The summed E-state index contributed by atoms with van der Waals surface area (Å²) in [6, 6.07) is 11.0. The maximum atomic E-state index is 12.4. The van der Waals surface area contributed by atoms with Crippen molar-refractivity contribution >= 4 is 17.4 Å². The molecule has 0 bridgehead atoms. The number of para-hydroxylation sites is 2. The fourth-order valence-corrected chi connectivity index (χ4v) is 2.66. The van der Waals surface area contributed by atoms with Gasteiger partial charge in [-0.15, -0.1) is 10.2 Å². The van der Waals surface area contributed by atoms with Crippen LogP contribution >= 0.6 is 0 Å². The highest BCUT2D eigenvalue weighted by molar-refractivity contribution is 5.92. The van der Waals surface area contributed by atoms with Crippen LogP contribution in [0.15, 0.2) is 36.4 Å². The first-order valence-corrected chi connectivity index (χ1v) is 7.81. The van der Waals surface area contributed by atoms with E-state index in [1.165, 1.54) is 6.42 Å². The number of hydrogen-bond acceptors (Lipinski definition) is 5. The summed E-state index contributed by atoms with van der Waals surface area (Å²) in [5.41, 5.74) is 1.19. The van der Waals surface area contributed by atoms with Crippen LogP contribution in [0, 0.1) is 0 Å². The minimum Gasteiger partial charge on any atom is -0.495 e. The van der Waals surface area contributed by atoms with E-state index in [1.807, 2.05) is 29.2 Å². The molecule has 2 heterocycles. The molecule has 6 nitrogen and oxygen atoms in total. The molecule has 0 unspecified atom stereocenters. The minimum atomic E-state index is -0.0407. The second kappa shape index (κ2) is 7.09. The summed E-state index contributed by atoms with van der Waals surface area (Å²) in [6.45, 7) is 1.61. The fraction of sp³-hybridized carbons (Fsp3) is 0.353. The molecule has 1 saturated heterocycles. The number of benzene rings is 1. The molecule has 1 N–H and O–H groups in total. The van der Waals surface area contributed by atoms with Crippen molar-refractivity contribution in [2.45, 2.75) is 19.3 Å². The summed E-state index contributed by atoms with van der Waals surface area (Å²) >= 11 is 0. The summed E-state index contributed by atoms with van der Waals surface area (Å²) < 4.78 is 5.29. The third-order valence-electron chi connectivity index (χ3n) is 3.90. The van der Waals surface area contributed by atoms with Gasteiger partial charge in [0.1, 0.15) is 5.75 Å².